The monoisotopic (exact) mass is 738 g/mol. The molecule has 1 atom stereocenters. The Morgan fingerprint density at radius 3 is 2.52 bits per heavy atom. The van der Waals surface area contributed by atoms with Crippen molar-refractivity contribution in [3.63, 3.8) is 0 Å². The number of ether oxygens (including phenoxy) is 5. The Balaban J connectivity index is 1.61. The largest absolute Gasteiger partial charge is 0.493 e. The van der Waals surface area contributed by atoms with Gasteiger partial charge in [0.1, 0.15) is 12.4 Å². The summed E-state index contributed by atoms with van der Waals surface area (Å²) < 4.78 is 45.5. The lowest BCUT2D eigenvalue weighted by atomic mass is 9.95. The summed E-state index contributed by atoms with van der Waals surface area (Å²) in [5.74, 6) is 0.918. The Morgan fingerprint density at radius 2 is 1.83 bits per heavy atom. The molecule has 0 N–H and O–H groups in total. The predicted octanol–water partition coefficient (Wildman–Crippen LogP) is 6.47. The van der Waals surface area contributed by atoms with Gasteiger partial charge in [0, 0.05) is 5.56 Å². The second-order valence-corrected chi connectivity index (χ2v) is 12.9. The molecule has 0 saturated heterocycles. The van der Waals surface area contributed by atoms with Crippen LogP contribution in [0.3, 0.4) is 0 Å². The molecule has 0 bridgehead atoms. The third kappa shape index (κ3) is 7.34. The summed E-state index contributed by atoms with van der Waals surface area (Å²) in [5, 5.41) is 0. The van der Waals surface area contributed by atoms with E-state index in [0.29, 0.717) is 65.8 Å². The highest BCUT2D eigenvalue weighted by molar-refractivity contribution is 9.10. The van der Waals surface area contributed by atoms with E-state index in [9.17, 15) is 14.0 Å². The molecule has 9 nitrogen and oxygen atoms in total. The number of rotatable bonds is 12. The van der Waals surface area contributed by atoms with Gasteiger partial charge in [-0.05, 0) is 98.1 Å². The van der Waals surface area contributed by atoms with Crippen LogP contribution >= 0.6 is 27.3 Å². The van der Waals surface area contributed by atoms with Gasteiger partial charge < -0.3 is 23.7 Å². The van der Waals surface area contributed by atoms with E-state index in [2.05, 4.69) is 20.9 Å². The number of halogens is 2. The Hall–Kier alpha value is -4.42. The summed E-state index contributed by atoms with van der Waals surface area (Å²) in [5.41, 5.74) is 2.06. The lowest BCUT2D eigenvalue weighted by Gasteiger charge is -2.25. The summed E-state index contributed by atoms with van der Waals surface area (Å²) in [6.07, 6.45) is 1.65. The summed E-state index contributed by atoms with van der Waals surface area (Å²) in [6, 6.07) is 14.5. The first kappa shape index (κ1) is 34.9. The minimum absolute atomic E-state index is 0.000798. The number of thiazole rings is 1. The molecule has 1 aromatic heterocycles. The van der Waals surface area contributed by atoms with Crippen LogP contribution in [0.4, 0.5) is 4.39 Å². The Kier molecular flexibility index (Phi) is 11.1. The molecular weight excluding hydrogens is 703 g/mol. The van der Waals surface area contributed by atoms with Gasteiger partial charge in [-0.25, -0.2) is 14.2 Å². The van der Waals surface area contributed by atoms with Crippen molar-refractivity contribution in [2.45, 2.75) is 53.4 Å². The van der Waals surface area contributed by atoms with Gasteiger partial charge in [-0.3, -0.25) is 9.36 Å². The van der Waals surface area contributed by atoms with E-state index in [1.807, 2.05) is 26.8 Å². The summed E-state index contributed by atoms with van der Waals surface area (Å²) >= 11 is 4.78. The van der Waals surface area contributed by atoms with Crippen LogP contribution < -0.4 is 33.8 Å². The molecule has 3 aromatic carbocycles. The molecule has 12 heteroatoms. The second kappa shape index (κ2) is 15.2. The van der Waals surface area contributed by atoms with Crippen molar-refractivity contribution in [3.8, 4) is 23.0 Å². The van der Waals surface area contributed by atoms with Crippen molar-refractivity contribution in [1.82, 2.24) is 4.57 Å². The standard InChI is InChI=1S/C36H36BrFN2O7S/c1-7-44-29-16-22(15-25(37)33(29)46-19-24-11-9-10-12-26(24)38)17-30-34(41)40-32(23-13-14-27(47-20(3)4)28(18-23)43-6)31(35(42)45-8-2)21(5)39-36(40)48-30/h9-18,20,32H,7-8,19H2,1-6H3/b30-17-/t32-/m1/s1. The molecular formula is C36H36BrFN2O7S. The van der Waals surface area contributed by atoms with Gasteiger partial charge >= 0.3 is 5.97 Å². The van der Waals surface area contributed by atoms with Gasteiger partial charge in [-0.15, -0.1) is 0 Å². The molecule has 2 heterocycles. The van der Waals surface area contributed by atoms with Gasteiger partial charge in [0.2, 0.25) is 0 Å². The van der Waals surface area contributed by atoms with Crippen molar-refractivity contribution in [3.05, 3.63) is 113 Å². The Labute approximate surface area is 290 Å². The number of hydrogen-bond donors (Lipinski definition) is 0. The van der Waals surface area contributed by atoms with Crippen LogP contribution in [0.15, 0.2) is 80.1 Å². The molecule has 1 aliphatic heterocycles. The van der Waals surface area contributed by atoms with Crippen molar-refractivity contribution in [2.75, 3.05) is 20.3 Å². The molecule has 0 radical (unpaired) electrons. The summed E-state index contributed by atoms with van der Waals surface area (Å²) in [6.45, 7) is 9.65. The average Bonchev–Trinajstić information content (AvgIpc) is 3.34. The second-order valence-electron chi connectivity index (χ2n) is 11.0. The molecule has 48 heavy (non-hydrogen) atoms. The van der Waals surface area contributed by atoms with Crippen LogP contribution in [0.1, 0.15) is 57.4 Å². The molecule has 0 aliphatic carbocycles. The van der Waals surface area contributed by atoms with Crippen LogP contribution in [-0.2, 0) is 16.1 Å². The fourth-order valence-corrected chi connectivity index (χ4v) is 6.92. The number of fused-ring (bicyclic) bond motifs is 1. The van der Waals surface area contributed by atoms with Crippen molar-refractivity contribution < 1.29 is 32.9 Å². The van der Waals surface area contributed by atoms with Gasteiger partial charge in [-0.1, -0.05) is 35.6 Å². The molecule has 0 unspecified atom stereocenters. The van der Waals surface area contributed by atoms with Crippen LogP contribution in [0.2, 0.25) is 0 Å². The minimum atomic E-state index is -0.829. The van der Waals surface area contributed by atoms with E-state index in [0.717, 1.165) is 0 Å². The van der Waals surface area contributed by atoms with Gasteiger partial charge in [0.15, 0.2) is 27.8 Å². The zero-order valence-corrected chi connectivity index (χ0v) is 29.9. The third-order valence-electron chi connectivity index (χ3n) is 7.34. The van der Waals surface area contributed by atoms with E-state index in [1.165, 1.54) is 29.1 Å². The SMILES string of the molecule is CCOC(=O)C1=C(C)N=c2s/c(=C\c3cc(Br)c(OCc4ccccc4F)c(OCC)c3)c(=O)n2[C@@H]1c1ccc(OC(C)C)c(OC)c1. The van der Waals surface area contributed by atoms with Crippen molar-refractivity contribution in [2.24, 2.45) is 4.99 Å². The Bertz CT molecular complexity index is 2050. The first-order valence-corrected chi connectivity index (χ1v) is 17.0. The normalized spacial score (nSPS) is 14.4. The van der Waals surface area contributed by atoms with Crippen molar-refractivity contribution >= 4 is 39.3 Å². The van der Waals surface area contributed by atoms with E-state index >= 15 is 0 Å². The predicted molar refractivity (Wildman–Crippen MR) is 185 cm³/mol. The molecule has 0 saturated carbocycles. The van der Waals surface area contributed by atoms with Crippen LogP contribution in [0.5, 0.6) is 23.0 Å². The van der Waals surface area contributed by atoms with Gasteiger partial charge in [0.05, 0.1) is 52.7 Å². The highest BCUT2D eigenvalue weighted by Gasteiger charge is 2.34. The van der Waals surface area contributed by atoms with E-state index in [1.54, 1.807) is 62.4 Å². The molecule has 4 aromatic rings. The Morgan fingerprint density at radius 1 is 1.06 bits per heavy atom. The number of aromatic nitrogens is 1. The molecule has 0 amide bonds. The number of benzene rings is 3. The number of allylic oxidation sites excluding steroid dienone is 1. The van der Waals surface area contributed by atoms with Gasteiger partial charge in [-0.2, -0.15) is 0 Å². The van der Waals surface area contributed by atoms with E-state index in [4.69, 9.17) is 23.7 Å². The average molecular weight is 740 g/mol. The molecule has 5 rings (SSSR count). The fraction of sp³-hybridized carbons (Fsp3) is 0.306. The number of hydrogen-bond acceptors (Lipinski definition) is 9. The molecule has 1 aliphatic rings. The van der Waals surface area contributed by atoms with Crippen LogP contribution in [-0.4, -0.2) is 37.0 Å². The smallest absolute Gasteiger partial charge is 0.338 e. The number of methoxy groups -OCH3 is 1. The first-order chi connectivity index (χ1) is 23.1. The zero-order valence-electron chi connectivity index (χ0n) is 27.5. The number of nitrogens with zero attached hydrogens (tertiary/aromatic N) is 2. The lowest BCUT2D eigenvalue weighted by Crippen LogP contribution is -2.40. The number of carbonyl (C=O) groups excluding carboxylic acids is 1. The van der Waals surface area contributed by atoms with Gasteiger partial charge in [0.25, 0.3) is 5.56 Å². The lowest BCUT2D eigenvalue weighted by molar-refractivity contribution is -0.139. The quantitative estimate of drug-likeness (QED) is 0.154. The summed E-state index contributed by atoms with van der Waals surface area (Å²) in [7, 11) is 1.54. The fourth-order valence-electron chi connectivity index (χ4n) is 5.30. The van der Waals surface area contributed by atoms with Crippen molar-refractivity contribution in [1.29, 1.82) is 0 Å². The first-order valence-electron chi connectivity index (χ1n) is 15.4. The zero-order chi connectivity index (χ0) is 34.5. The maximum atomic E-state index is 14.2. The van der Waals surface area contributed by atoms with Crippen LogP contribution in [0.25, 0.3) is 6.08 Å². The van der Waals surface area contributed by atoms with Crippen LogP contribution in [0, 0.1) is 5.82 Å². The van der Waals surface area contributed by atoms with E-state index in [-0.39, 0.29) is 36.3 Å². The molecule has 252 valence electrons. The number of carbonyl (C=O) groups is 1. The maximum absolute atomic E-state index is 14.2. The highest BCUT2D eigenvalue weighted by Crippen LogP contribution is 2.39. The third-order valence-corrected chi connectivity index (χ3v) is 8.91. The maximum Gasteiger partial charge on any atom is 0.338 e. The number of esters is 1. The topological polar surface area (TPSA) is 97.6 Å². The highest BCUT2D eigenvalue weighted by atomic mass is 79.9. The van der Waals surface area contributed by atoms with E-state index < -0.39 is 12.0 Å². The molecule has 0 fully saturated rings. The minimum Gasteiger partial charge on any atom is -0.493 e. The molecule has 0 spiro atoms. The summed E-state index contributed by atoms with van der Waals surface area (Å²) in [4.78, 5) is 32.6.